The van der Waals surface area contributed by atoms with Crippen molar-refractivity contribution in [2.75, 3.05) is 0 Å². The van der Waals surface area contributed by atoms with Crippen molar-refractivity contribution in [3.63, 3.8) is 0 Å². The number of hydrogen-bond donors (Lipinski definition) is 3. The highest BCUT2D eigenvalue weighted by atomic mass is 32.1. The molecule has 7 atom stereocenters. The minimum atomic E-state index is -0.0404. The molecule has 4 rings (SSSR count). The predicted molar refractivity (Wildman–Crippen MR) is 92.4 cm³/mol. The Bertz CT molecular complexity index is 476. The van der Waals surface area contributed by atoms with Crippen LogP contribution in [0.25, 0.3) is 0 Å². The first-order valence-electron chi connectivity index (χ1n) is 9.02. The van der Waals surface area contributed by atoms with Crippen molar-refractivity contribution in [1.82, 2.24) is 0 Å². The molecule has 0 heterocycles. The van der Waals surface area contributed by atoms with Gasteiger partial charge in [-0.2, -0.15) is 12.6 Å². The maximum Gasteiger partial charge on any atom is 0.0596 e. The normalized spacial score (nSPS) is 53.6. The lowest BCUT2D eigenvalue weighted by Gasteiger charge is -2.58. The van der Waals surface area contributed by atoms with Crippen molar-refractivity contribution in [2.24, 2.45) is 28.6 Å². The van der Waals surface area contributed by atoms with Crippen LogP contribution in [0.3, 0.4) is 0 Å². The first-order valence-corrected chi connectivity index (χ1v) is 9.54. The average Bonchev–Trinajstić information content (AvgIpc) is 2.76. The van der Waals surface area contributed by atoms with E-state index in [9.17, 15) is 5.11 Å². The molecule has 4 aliphatic rings. The topological polar surface area (TPSA) is 50.2 Å². The van der Waals surface area contributed by atoms with Crippen LogP contribution in [0.5, 0.6) is 0 Å². The van der Waals surface area contributed by atoms with Gasteiger partial charge in [0.2, 0.25) is 0 Å². The summed E-state index contributed by atoms with van der Waals surface area (Å²) in [5, 5.41) is 11.0. The number of aliphatic hydroxyl groups excluding tert-OH is 1. The van der Waals surface area contributed by atoms with Gasteiger partial charge < -0.3 is 5.11 Å². The molecule has 0 saturated heterocycles. The van der Waals surface area contributed by atoms with E-state index in [-0.39, 0.29) is 17.0 Å². The molecule has 1 radical (unpaired) electrons. The summed E-state index contributed by atoms with van der Waals surface area (Å²) in [6, 6.07) is 0. The molecule has 22 heavy (non-hydrogen) atoms. The molecule has 0 spiro atoms. The Hall–Kier alpha value is 0.01000. The lowest BCUT2D eigenvalue weighted by atomic mass is 9.47. The zero-order valence-corrected chi connectivity index (χ0v) is 14.9. The second-order valence-electron chi connectivity index (χ2n) is 8.77. The van der Waals surface area contributed by atoms with Gasteiger partial charge >= 0.3 is 0 Å². The highest BCUT2D eigenvalue weighted by molar-refractivity contribution is 7.81. The molecule has 3 saturated carbocycles. The highest BCUT2D eigenvalue weighted by Gasteiger charge is 2.58. The van der Waals surface area contributed by atoms with E-state index >= 15 is 0 Å². The van der Waals surface area contributed by atoms with Crippen LogP contribution in [0.15, 0.2) is 11.6 Å². The van der Waals surface area contributed by atoms with Gasteiger partial charge in [0.15, 0.2) is 0 Å². The van der Waals surface area contributed by atoms with Crippen LogP contribution in [0.1, 0.15) is 65.2 Å². The number of fused-ring (bicyclic) bond motifs is 5. The first kappa shape index (κ1) is 16.9. The van der Waals surface area contributed by atoms with Crippen molar-refractivity contribution >= 4 is 12.6 Å². The standard InChI is InChI=1S/C19H30OS.HO/c1-18-9-7-13(21)11-12(18)3-4-14-15-5-6-17(20)19(15,2)10-8-16(14)18;/h11,13-17,20-21H,3-10H2,1-2H3;1H/t13?,14-,15-,16-,17-,18-,19-;/m0./s1. The van der Waals surface area contributed by atoms with Gasteiger partial charge in [-0.3, -0.25) is 5.48 Å². The summed E-state index contributed by atoms with van der Waals surface area (Å²) in [7, 11) is 0. The monoisotopic (exact) mass is 323 g/mol. The summed E-state index contributed by atoms with van der Waals surface area (Å²) >= 11 is 4.71. The number of aliphatic hydroxyl groups is 1. The molecule has 3 heteroatoms. The van der Waals surface area contributed by atoms with Crippen LogP contribution in [0, 0.1) is 28.6 Å². The van der Waals surface area contributed by atoms with Crippen LogP contribution in [-0.4, -0.2) is 21.9 Å². The third kappa shape index (κ3) is 2.15. The summed E-state index contributed by atoms with van der Waals surface area (Å²) in [5.74, 6) is 2.50. The van der Waals surface area contributed by atoms with Crippen molar-refractivity contribution in [1.29, 1.82) is 0 Å². The Morgan fingerprint density at radius 2 is 1.82 bits per heavy atom. The fraction of sp³-hybridized carbons (Fsp3) is 0.895. The first-order chi connectivity index (χ1) is 9.95. The molecule has 125 valence electrons. The van der Waals surface area contributed by atoms with Gasteiger partial charge in [-0.1, -0.05) is 25.5 Å². The third-order valence-corrected chi connectivity index (χ3v) is 8.45. The van der Waals surface area contributed by atoms with Gasteiger partial charge in [0.05, 0.1) is 6.10 Å². The maximum atomic E-state index is 10.5. The van der Waals surface area contributed by atoms with E-state index < -0.39 is 0 Å². The molecule has 2 nitrogen and oxygen atoms in total. The summed E-state index contributed by atoms with van der Waals surface area (Å²) in [6.45, 7) is 4.92. The van der Waals surface area contributed by atoms with Gasteiger partial charge in [0.1, 0.15) is 0 Å². The third-order valence-electron chi connectivity index (χ3n) is 8.04. The van der Waals surface area contributed by atoms with E-state index in [1.165, 1.54) is 44.9 Å². The van der Waals surface area contributed by atoms with Crippen LogP contribution >= 0.6 is 12.6 Å². The fourth-order valence-electron chi connectivity index (χ4n) is 6.68. The Labute approximate surface area is 140 Å². The van der Waals surface area contributed by atoms with Crippen LogP contribution in [-0.2, 0) is 0 Å². The van der Waals surface area contributed by atoms with Crippen LogP contribution < -0.4 is 0 Å². The van der Waals surface area contributed by atoms with Crippen LogP contribution in [0.4, 0.5) is 0 Å². The molecule has 0 aromatic carbocycles. The quantitative estimate of drug-likeness (QED) is 0.448. The molecule has 1 unspecified atom stereocenters. The number of thiol groups is 1. The summed E-state index contributed by atoms with van der Waals surface area (Å²) in [6.07, 6.45) is 12.6. The average molecular weight is 324 g/mol. The SMILES string of the molecule is C[C@]12CC[C@H]3[C@@H](CCC4=CC(S)CC[C@@]43C)[C@@H]1CC[C@@H]2O.[OH]. The Balaban J connectivity index is 0.00000144. The van der Waals surface area contributed by atoms with E-state index in [0.717, 1.165) is 24.2 Å². The van der Waals surface area contributed by atoms with E-state index in [1.807, 2.05) is 0 Å². The Kier molecular flexibility index (Phi) is 4.23. The summed E-state index contributed by atoms with van der Waals surface area (Å²) in [5.41, 5.74) is 2.38. The van der Waals surface area contributed by atoms with Crippen molar-refractivity contribution in [2.45, 2.75) is 76.6 Å². The van der Waals surface area contributed by atoms with E-state index in [4.69, 9.17) is 12.6 Å². The molecule has 0 aromatic rings. The lowest BCUT2D eigenvalue weighted by Crippen LogP contribution is -2.51. The van der Waals surface area contributed by atoms with Gasteiger partial charge in [-0.25, -0.2) is 0 Å². The molecule has 3 fully saturated rings. The Morgan fingerprint density at radius 1 is 1.05 bits per heavy atom. The van der Waals surface area contributed by atoms with Crippen molar-refractivity contribution < 1.29 is 10.6 Å². The van der Waals surface area contributed by atoms with Gasteiger partial charge in [-0.05, 0) is 80.0 Å². The summed E-state index contributed by atoms with van der Waals surface area (Å²) in [4.78, 5) is 0. The van der Waals surface area contributed by atoms with E-state index in [0.29, 0.717) is 10.7 Å². The van der Waals surface area contributed by atoms with Gasteiger partial charge in [0.25, 0.3) is 0 Å². The number of hydrogen-bond acceptors (Lipinski definition) is 2. The predicted octanol–water partition coefficient (Wildman–Crippen LogP) is 4.43. The smallest absolute Gasteiger partial charge is 0.0596 e. The molecule has 0 aromatic heterocycles. The fourth-order valence-corrected chi connectivity index (χ4v) is 6.99. The van der Waals surface area contributed by atoms with Gasteiger partial charge in [0, 0.05) is 5.25 Å². The summed E-state index contributed by atoms with van der Waals surface area (Å²) < 4.78 is 0. The largest absolute Gasteiger partial charge is 0.393 e. The van der Waals surface area contributed by atoms with Crippen LogP contribution in [0.2, 0.25) is 0 Å². The van der Waals surface area contributed by atoms with E-state index in [2.05, 4.69) is 19.9 Å². The maximum absolute atomic E-state index is 10.5. The number of rotatable bonds is 0. The minimum absolute atomic E-state index is 0. The lowest BCUT2D eigenvalue weighted by molar-refractivity contribution is -0.0734. The Morgan fingerprint density at radius 3 is 2.59 bits per heavy atom. The van der Waals surface area contributed by atoms with Crippen molar-refractivity contribution in [3.05, 3.63) is 11.6 Å². The second kappa shape index (κ2) is 5.53. The highest BCUT2D eigenvalue weighted by Crippen LogP contribution is 2.65. The molecule has 4 aliphatic carbocycles. The number of allylic oxidation sites excluding steroid dienone is 1. The second-order valence-corrected chi connectivity index (χ2v) is 9.43. The molecule has 0 aliphatic heterocycles. The molecule has 2 N–H and O–H groups in total. The van der Waals surface area contributed by atoms with Gasteiger partial charge in [-0.15, -0.1) is 0 Å². The molecular weight excluding hydrogens is 292 g/mol. The zero-order chi connectivity index (χ0) is 14.8. The molecule has 0 amide bonds. The van der Waals surface area contributed by atoms with E-state index in [1.54, 1.807) is 5.57 Å². The minimum Gasteiger partial charge on any atom is -0.393 e. The zero-order valence-electron chi connectivity index (χ0n) is 14.0. The molecule has 0 bridgehead atoms. The van der Waals surface area contributed by atoms with Crippen molar-refractivity contribution in [3.8, 4) is 0 Å². The molecular formula is C19H31O2S.